The van der Waals surface area contributed by atoms with Crippen LogP contribution in [-0.4, -0.2) is 35.6 Å². The summed E-state index contributed by atoms with van der Waals surface area (Å²) in [4.78, 5) is 18.9. The number of methoxy groups -OCH3 is 1. The van der Waals surface area contributed by atoms with Crippen LogP contribution in [0.3, 0.4) is 0 Å². The quantitative estimate of drug-likeness (QED) is 0.617. The molecule has 0 aliphatic heterocycles. The van der Waals surface area contributed by atoms with E-state index in [-0.39, 0.29) is 22.9 Å². The molecule has 0 radical (unpaired) electrons. The van der Waals surface area contributed by atoms with Crippen LogP contribution in [0, 0.1) is 0 Å². The zero-order chi connectivity index (χ0) is 12.1. The van der Waals surface area contributed by atoms with Gasteiger partial charge in [0.25, 0.3) is 0 Å². The topological polar surface area (TPSA) is 90.1 Å². The summed E-state index contributed by atoms with van der Waals surface area (Å²) in [7, 11) is 1.45. The van der Waals surface area contributed by atoms with Gasteiger partial charge in [-0.3, -0.25) is 4.79 Å². The maximum Gasteiger partial charge on any atom is 0.244 e. The summed E-state index contributed by atoms with van der Waals surface area (Å²) in [5.41, 5.74) is 5.51. The summed E-state index contributed by atoms with van der Waals surface area (Å²) in [6.07, 6.45) is 0. The molecule has 1 heterocycles. The number of hydrogen-bond donors (Lipinski definition) is 2. The monoisotopic (exact) mass is 264 g/mol. The Kier molecular flexibility index (Phi) is 4.88. The van der Waals surface area contributed by atoms with E-state index in [9.17, 15) is 4.79 Å². The lowest BCUT2D eigenvalue weighted by Gasteiger charge is -2.10. The van der Waals surface area contributed by atoms with Crippen molar-refractivity contribution >= 4 is 34.9 Å². The van der Waals surface area contributed by atoms with Gasteiger partial charge in [0.15, 0.2) is 0 Å². The van der Waals surface area contributed by atoms with Crippen LogP contribution < -0.4 is 11.1 Å². The highest BCUT2D eigenvalue weighted by atomic mass is 35.5. The number of nitrogens with zero attached hydrogens (tertiary/aromatic N) is 2. The summed E-state index contributed by atoms with van der Waals surface area (Å²) in [5.74, 6) is -0.241. The van der Waals surface area contributed by atoms with Crippen molar-refractivity contribution in [3.05, 3.63) is 16.5 Å². The normalized spacial score (nSPS) is 12.2. The molecule has 1 amide bonds. The molecule has 0 aliphatic rings. The fraction of sp³-hybridized carbons (Fsp3) is 0.375. The average Bonchev–Trinajstić information content (AvgIpc) is 2.16. The number of halogens is 2. The number of aromatic nitrogens is 2. The van der Waals surface area contributed by atoms with Crippen molar-refractivity contribution in [1.82, 2.24) is 9.97 Å². The number of ether oxygens (including phenoxy) is 1. The van der Waals surface area contributed by atoms with Gasteiger partial charge in [-0.1, -0.05) is 11.6 Å². The number of rotatable bonds is 4. The van der Waals surface area contributed by atoms with Crippen molar-refractivity contribution in [3.8, 4) is 0 Å². The van der Waals surface area contributed by atoms with Crippen LogP contribution in [-0.2, 0) is 9.53 Å². The fourth-order valence-electron chi connectivity index (χ4n) is 0.928. The molecule has 1 aromatic heterocycles. The van der Waals surface area contributed by atoms with Gasteiger partial charge in [-0.25, -0.2) is 9.97 Å². The Morgan fingerprint density at radius 1 is 1.62 bits per heavy atom. The van der Waals surface area contributed by atoms with Gasteiger partial charge in [0.2, 0.25) is 11.2 Å². The van der Waals surface area contributed by atoms with Gasteiger partial charge in [-0.2, -0.15) is 0 Å². The number of amides is 1. The molecular formula is C8H10Cl2N4O2. The summed E-state index contributed by atoms with van der Waals surface area (Å²) < 4.78 is 4.74. The van der Waals surface area contributed by atoms with Crippen LogP contribution in [0.1, 0.15) is 0 Å². The minimum atomic E-state index is -0.780. The molecule has 3 N–H and O–H groups in total. The van der Waals surface area contributed by atoms with Crippen LogP contribution in [0.2, 0.25) is 10.4 Å². The molecule has 1 atom stereocenters. The number of anilines is 1. The molecule has 0 saturated heterocycles. The van der Waals surface area contributed by atoms with Gasteiger partial charge >= 0.3 is 0 Å². The number of carbonyl (C=O) groups is 1. The molecule has 88 valence electrons. The van der Waals surface area contributed by atoms with E-state index in [1.54, 1.807) is 0 Å². The van der Waals surface area contributed by atoms with Gasteiger partial charge in [0.1, 0.15) is 17.0 Å². The molecule has 0 aliphatic carbocycles. The van der Waals surface area contributed by atoms with Crippen molar-refractivity contribution < 1.29 is 9.53 Å². The lowest BCUT2D eigenvalue weighted by molar-refractivity contribution is -0.118. The van der Waals surface area contributed by atoms with Crippen molar-refractivity contribution in [1.29, 1.82) is 0 Å². The Labute approximate surface area is 102 Å². The van der Waals surface area contributed by atoms with E-state index in [2.05, 4.69) is 15.3 Å². The highest BCUT2D eigenvalue weighted by Crippen LogP contribution is 2.14. The maximum atomic E-state index is 11.5. The van der Waals surface area contributed by atoms with Crippen molar-refractivity contribution in [2.45, 2.75) is 6.04 Å². The molecule has 1 rings (SSSR count). The molecule has 6 nitrogen and oxygen atoms in total. The van der Waals surface area contributed by atoms with Gasteiger partial charge in [-0.05, 0) is 11.6 Å². The number of hydrogen-bond acceptors (Lipinski definition) is 5. The summed E-state index contributed by atoms with van der Waals surface area (Å²) in [6, 6.07) is 0.586. The Morgan fingerprint density at radius 3 is 2.88 bits per heavy atom. The third-order valence-electron chi connectivity index (χ3n) is 1.60. The molecule has 0 spiro atoms. The molecule has 8 heteroatoms. The lowest BCUT2D eigenvalue weighted by atomic mass is 10.3. The Hall–Kier alpha value is -0.950. The predicted molar refractivity (Wildman–Crippen MR) is 60.5 cm³/mol. The standard InChI is InChI=1S/C8H10Cl2N4O2/c1-16-3-4(11)7(15)13-6-2-5(9)12-8(10)14-6/h2,4H,3,11H2,1H3,(H,12,13,14,15). The molecule has 16 heavy (non-hydrogen) atoms. The highest BCUT2D eigenvalue weighted by molar-refractivity contribution is 6.32. The fourth-order valence-corrected chi connectivity index (χ4v) is 1.34. The minimum Gasteiger partial charge on any atom is -0.383 e. The predicted octanol–water partition coefficient (Wildman–Crippen LogP) is 0.696. The first-order chi connectivity index (χ1) is 7.52. The summed E-state index contributed by atoms with van der Waals surface area (Å²) in [5, 5.41) is 2.53. The van der Waals surface area contributed by atoms with Crippen LogP contribution >= 0.6 is 23.2 Å². The lowest BCUT2D eigenvalue weighted by Crippen LogP contribution is -2.39. The molecular weight excluding hydrogens is 255 g/mol. The van der Waals surface area contributed by atoms with Crippen LogP contribution in [0.25, 0.3) is 0 Å². The molecule has 0 aromatic carbocycles. The Morgan fingerprint density at radius 2 is 2.31 bits per heavy atom. The first kappa shape index (κ1) is 13.1. The first-order valence-electron chi connectivity index (χ1n) is 4.28. The number of carbonyl (C=O) groups excluding carboxylic acids is 1. The Balaban J connectivity index is 2.69. The van der Waals surface area contributed by atoms with Crippen molar-refractivity contribution in [3.63, 3.8) is 0 Å². The van der Waals surface area contributed by atoms with Crippen molar-refractivity contribution in [2.24, 2.45) is 5.73 Å². The second kappa shape index (κ2) is 5.95. The van der Waals surface area contributed by atoms with E-state index in [1.165, 1.54) is 13.2 Å². The van der Waals surface area contributed by atoms with E-state index < -0.39 is 11.9 Å². The third-order valence-corrected chi connectivity index (χ3v) is 1.96. The van der Waals surface area contributed by atoms with Gasteiger partial charge in [-0.15, -0.1) is 0 Å². The first-order valence-corrected chi connectivity index (χ1v) is 5.04. The second-order valence-corrected chi connectivity index (χ2v) is 3.62. The largest absolute Gasteiger partial charge is 0.383 e. The van der Waals surface area contributed by atoms with Gasteiger partial charge in [0, 0.05) is 13.2 Å². The maximum absolute atomic E-state index is 11.5. The third kappa shape index (κ3) is 3.90. The van der Waals surface area contributed by atoms with E-state index in [4.69, 9.17) is 33.7 Å². The van der Waals surface area contributed by atoms with E-state index in [0.717, 1.165) is 0 Å². The summed E-state index contributed by atoms with van der Waals surface area (Å²) in [6.45, 7) is 0.110. The number of nitrogens with two attached hydrogens (primary N) is 1. The van der Waals surface area contributed by atoms with Crippen LogP contribution in [0.5, 0.6) is 0 Å². The highest BCUT2D eigenvalue weighted by Gasteiger charge is 2.14. The second-order valence-electron chi connectivity index (χ2n) is 2.90. The van der Waals surface area contributed by atoms with E-state index in [0.29, 0.717) is 0 Å². The molecule has 1 aromatic rings. The summed E-state index contributed by atoms with van der Waals surface area (Å²) >= 11 is 11.2. The number of nitrogens with one attached hydrogen (secondary N) is 1. The molecule has 0 bridgehead atoms. The zero-order valence-electron chi connectivity index (χ0n) is 8.41. The minimum absolute atomic E-state index is 0.0527. The molecule has 0 fully saturated rings. The Bertz CT molecular complexity index is 368. The van der Waals surface area contributed by atoms with Gasteiger partial charge < -0.3 is 15.8 Å². The molecule has 1 unspecified atom stereocenters. The van der Waals surface area contributed by atoms with Crippen LogP contribution in [0.4, 0.5) is 5.82 Å². The zero-order valence-corrected chi connectivity index (χ0v) is 9.92. The van der Waals surface area contributed by atoms with Crippen LogP contribution in [0.15, 0.2) is 6.07 Å². The SMILES string of the molecule is COCC(N)C(=O)Nc1cc(Cl)nc(Cl)n1. The smallest absolute Gasteiger partial charge is 0.244 e. The van der Waals surface area contributed by atoms with E-state index in [1.807, 2.05) is 0 Å². The average molecular weight is 265 g/mol. The molecule has 0 saturated carbocycles. The van der Waals surface area contributed by atoms with Gasteiger partial charge in [0.05, 0.1) is 6.61 Å². The van der Waals surface area contributed by atoms with E-state index >= 15 is 0 Å². The van der Waals surface area contributed by atoms with Crippen molar-refractivity contribution in [2.75, 3.05) is 19.0 Å².